The van der Waals surface area contributed by atoms with Gasteiger partial charge in [0.15, 0.2) is 0 Å². The summed E-state index contributed by atoms with van der Waals surface area (Å²) in [5.74, 6) is -1.51. The van der Waals surface area contributed by atoms with E-state index in [1.54, 1.807) is 24.3 Å². The van der Waals surface area contributed by atoms with Crippen LogP contribution in [0.4, 0.5) is 21.5 Å². The van der Waals surface area contributed by atoms with E-state index >= 15 is 0 Å². The van der Waals surface area contributed by atoms with Crippen molar-refractivity contribution in [3.8, 4) is 5.75 Å². The van der Waals surface area contributed by atoms with Gasteiger partial charge in [0.1, 0.15) is 5.75 Å². The highest BCUT2D eigenvalue weighted by atomic mass is 19.1. The third kappa shape index (κ3) is 4.65. The Balaban J connectivity index is 1.38. The quantitative estimate of drug-likeness (QED) is 0.554. The SMILES string of the molecule is O=C(Nc1ccc(OC2CCCC2)cc1)C1CC(=O)N(c2ccc(F)c([N+](=O)[O-])c2)C1. The molecule has 31 heavy (non-hydrogen) atoms. The van der Waals surface area contributed by atoms with Crippen molar-refractivity contribution in [1.29, 1.82) is 0 Å². The molecule has 1 aliphatic heterocycles. The zero-order valence-corrected chi connectivity index (χ0v) is 16.8. The maximum Gasteiger partial charge on any atom is 0.306 e. The molecular weight excluding hydrogens is 405 g/mol. The third-order valence-corrected chi connectivity index (χ3v) is 5.66. The smallest absolute Gasteiger partial charge is 0.306 e. The van der Waals surface area contributed by atoms with Gasteiger partial charge in [-0.1, -0.05) is 0 Å². The minimum Gasteiger partial charge on any atom is -0.490 e. The Morgan fingerprint density at radius 3 is 2.55 bits per heavy atom. The lowest BCUT2D eigenvalue weighted by Gasteiger charge is -2.17. The van der Waals surface area contributed by atoms with E-state index in [1.165, 1.54) is 23.8 Å². The van der Waals surface area contributed by atoms with Crippen LogP contribution in [0.1, 0.15) is 32.1 Å². The molecule has 0 bridgehead atoms. The fraction of sp³-hybridized carbons (Fsp3) is 0.364. The Kier molecular flexibility index (Phi) is 5.83. The van der Waals surface area contributed by atoms with E-state index in [0.29, 0.717) is 5.69 Å². The highest BCUT2D eigenvalue weighted by Gasteiger charge is 2.36. The van der Waals surface area contributed by atoms with Crippen molar-refractivity contribution in [3.63, 3.8) is 0 Å². The van der Waals surface area contributed by atoms with Gasteiger partial charge in [-0.05, 0) is 62.1 Å². The fourth-order valence-corrected chi connectivity index (χ4v) is 4.00. The van der Waals surface area contributed by atoms with Gasteiger partial charge in [-0.3, -0.25) is 19.7 Å². The number of nitro groups is 1. The Morgan fingerprint density at radius 2 is 1.87 bits per heavy atom. The standard InChI is InChI=1S/C22H22FN3O5/c23-19-10-7-16(12-20(19)26(29)30)25-13-14(11-21(25)27)22(28)24-15-5-8-18(9-6-15)31-17-3-1-2-4-17/h5-10,12,14,17H,1-4,11,13H2,(H,24,28). The van der Waals surface area contributed by atoms with Crippen molar-refractivity contribution in [1.82, 2.24) is 0 Å². The molecule has 2 aromatic carbocycles. The van der Waals surface area contributed by atoms with Crippen LogP contribution in [0, 0.1) is 21.8 Å². The maximum atomic E-state index is 13.6. The Hall–Kier alpha value is -3.49. The Labute approximate surface area is 178 Å². The summed E-state index contributed by atoms with van der Waals surface area (Å²) in [6, 6.07) is 10.4. The predicted molar refractivity (Wildman–Crippen MR) is 111 cm³/mol. The Bertz CT molecular complexity index is 1000. The fourth-order valence-electron chi connectivity index (χ4n) is 4.00. The minimum absolute atomic E-state index is 0.0279. The largest absolute Gasteiger partial charge is 0.490 e. The molecule has 0 radical (unpaired) electrons. The second kappa shape index (κ2) is 8.71. The van der Waals surface area contributed by atoms with Crippen molar-refractivity contribution < 1.29 is 23.6 Å². The van der Waals surface area contributed by atoms with E-state index in [9.17, 15) is 24.1 Å². The number of amides is 2. The lowest BCUT2D eigenvalue weighted by atomic mass is 10.1. The molecule has 4 rings (SSSR count). The molecule has 2 aromatic rings. The van der Waals surface area contributed by atoms with Gasteiger partial charge in [0, 0.05) is 24.7 Å². The van der Waals surface area contributed by atoms with Gasteiger partial charge in [-0.15, -0.1) is 0 Å². The summed E-state index contributed by atoms with van der Waals surface area (Å²) in [6.07, 6.45) is 4.70. The molecule has 9 heteroatoms. The molecule has 162 valence electrons. The van der Waals surface area contributed by atoms with Crippen LogP contribution in [0.15, 0.2) is 42.5 Å². The first-order valence-corrected chi connectivity index (χ1v) is 10.2. The van der Waals surface area contributed by atoms with Gasteiger partial charge in [0.2, 0.25) is 17.6 Å². The third-order valence-electron chi connectivity index (χ3n) is 5.66. The van der Waals surface area contributed by atoms with Crippen LogP contribution in [0.3, 0.4) is 0 Å². The lowest BCUT2D eigenvalue weighted by Crippen LogP contribution is -2.28. The highest BCUT2D eigenvalue weighted by molar-refractivity contribution is 6.03. The van der Waals surface area contributed by atoms with Crippen molar-refractivity contribution in [2.24, 2.45) is 5.92 Å². The first-order chi connectivity index (χ1) is 14.9. The van der Waals surface area contributed by atoms with Crippen LogP contribution in [0.5, 0.6) is 5.75 Å². The van der Waals surface area contributed by atoms with E-state index in [0.717, 1.165) is 30.7 Å². The van der Waals surface area contributed by atoms with Crippen LogP contribution in [-0.4, -0.2) is 29.4 Å². The summed E-state index contributed by atoms with van der Waals surface area (Å²) in [7, 11) is 0. The predicted octanol–water partition coefficient (Wildman–Crippen LogP) is 4.05. The summed E-state index contributed by atoms with van der Waals surface area (Å²) in [5.41, 5.74) is 0.0759. The van der Waals surface area contributed by atoms with E-state index in [2.05, 4.69) is 5.32 Å². The number of hydrogen-bond donors (Lipinski definition) is 1. The summed E-state index contributed by atoms with van der Waals surface area (Å²) in [6.45, 7) is 0.0658. The number of carbonyl (C=O) groups is 2. The highest BCUT2D eigenvalue weighted by Crippen LogP contribution is 2.30. The van der Waals surface area contributed by atoms with E-state index < -0.39 is 22.3 Å². The van der Waals surface area contributed by atoms with Gasteiger partial charge in [-0.25, -0.2) is 0 Å². The molecule has 2 aliphatic rings. The van der Waals surface area contributed by atoms with Crippen LogP contribution in [0.2, 0.25) is 0 Å². The number of nitrogens with zero attached hydrogens (tertiary/aromatic N) is 2. The number of anilines is 2. The normalized spacial score (nSPS) is 18.9. The van der Waals surface area contributed by atoms with Crippen molar-refractivity contribution in [2.45, 2.75) is 38.2 Å². The number of halogens is 1. The second-order valence-electron chi connectivity index (χ2n) is 7.84. The molecular formula is C22H22FN3O5. The molecule has 2 fully saturated rings. The lowest BCUT2D eigenvalue weighted by molar-refractivity contribution is -0.387. The molecule has 2 amide bonds. The van der Waals surface area contributed by atoms with Crippen LogP contribution >= 0.6 is 0 Å². The molecule has 1 N–H and O–H groups in total. The van der Waals surface area contributed by atoms with Gasteiger partial charge >= 0.3 is 5.69 Å². The number of carbonyl (C=O) groups excluding carboxylic acids is 2. The van der Waals surface area contributed by atoms with Crippen molar-refractivity contribution in [2.75, 3.05) is 16.8 Å². The molecule has 8 nitrogen and oxygen atoms in total. The van der Waals surface area contributed by atoms with Gasteiger partial charge in [-0.2, -0.15) is 4.39 Å². The zero-order valence-electron chi connectivity index (χ0n) is 16.8. The summed E-state index contributed by atoms with van der Waals surface area (Å²) in [4.78, 5) is 36.4. The number of nitro benzene ring substituents is 1. The molecule has 1 saturated heterocycles. The van der Waals surface area contributed by atoms with Gasteiger partial charge < -0.3 is 15.0 Å². The number of hydrogen-bond acceptors (Lipinski definition) is 5. The monoisotopic (exact) mass is 427 g/mol. The molecule has 1 aliphatic carbocycles. The minimum atomic E-state index is -0.977. The number of nitrogens with one attached hydrogen (secondary N) is 1. The molecule has 0 aromatic heterocycles. The molecule has 1 saturated carbocycles. The topological polar surface area (TPSA) is 102 Å². The van der Waals surface area contributed by atoms with Crippen molar-refractivity contribution in [3.05, 3.63) is 58.4 Å². The van der Waals surface area contributed by atoms with E-state index in [-0.39, 0.29) is 36.6 Å². The van der Waals surface area contributed by atoms with Crippen LogP contribution < -0.4 is 15.0 Å². The average molecular weight is 427 g/mol. The van der Waals surface area contributed by atoms with Gasteiger partial charge in [0.05, 0.1) is 22.6 Å². The maximum absolute atomic E-state index is 13.6. The molecule has 1 atom stereocenters. The average Bonchev–Trinajstić information content (AvgIpc) is 3.39. The molecule has 1 unspecified atom stereocenters. The summed E-state index contributed by atoms with van der Waals surface area (Å²) >= 11 is 0. The van der Waals surface area contributed by atoms with E-state index in [1.807, 2.05) is 0 Å². The number of rotatable bonds is 6. The number of benzene rings is 2. The Morgan fingerprint density at radius 1 is 1.16 bits per heavy atom. The summed E-state index contributed by atoms with van der Waals surface area (Å²) in [5, 5.41) is 13.7. The number of ether oxygens (including phenoxy) is 1. The van der Waals surface area contributed by atoms with Crippen molar-refractivity contribution >= 4 is 28.9 Å². The first kappa shape index (κ1) is 20.8. The molecule has 1 heterocycles. The van der Waals surface area contributed by atoms with Crippen LogP contribution in [0.25, 0.3) is 0 Å². The molecule has 0 spiro atoms. The van der Waals surface area contributed by atoms with E-state index in [4.69, 9.17) is 4.74 Å². The summed E-state index contributed by atoms with van der Waals surface area (Å²) < 4.78 is 19.5. The van der Waals surface area contributed by atoms with Crippen LogP contribution in [-0.2, 0) is 9.59 Å². The first-order valence-electron chi connectivity index (χ1n) is 10.2. The second-order valence-corrected chi connectivity index (χ2v) is 7.84. The zero-order chi connectivity index (χ0) is 22.0. The van der Waals surface area contributed by atoms with Gasteiger partial charge in [0.25, 0.3) is 0 Å².